The van der Waals surface area contributed by atoms with E-state index in [-0.39, 0.29) is 0 Å². The van der Waals surface area contributed by atoms with Crippen molar-refractivity contribution in [2.24, 2.45) is 16.7 Å². The van der Waals surface area contributed by atoms with Gasteiger partial charge in [0, 0.05) is 9.85 Å². The number of halogens is 2. The second-order valence-electron chi connectivity index (χ2n) is 6.21. The first-order valence-corrected chi connectivity index (χ1v) is 7.50. The molecule has 0 radical (unpaired) electrons. The van der Waals surface area contributed by atoms with Crippen LogP contribution in [0.1, 0.15) is 38.1 Å². The van der Waals surface area contributed by atoms with Crippen LogP contribution in [0.25, 0.3) is 0 Å². The lowest BCUT2D eigenvalue weighted by Crippen LogP contribution is -2.00. The summed E-state index contributed by atoms with van der Waals surface area (Å²) < 4.78 is 5.19. The zero-order chi connectivity index (χ0) is 13.7. The van der Waals surface area contributed by atoms with Gasteiger partial charge in [-0.2, -0.15) is 0 Å². The van der Waals surface area contributed by atoms with Gasteiger partial charge in [-0.1, -0.05) is 61.3 Å². The van der Waals surface area contributed by atoms with E-state index in [4.69, 9.17) is 16.3 Å². The van der Waals surface area contributed by atoms with Crippen LogP contribution in [-0.2, 0) is 0 Å². The molecule has 0 aliphatic heterocycles. The van der Waals surface area contributed by atoms with E-state index in [1.165, 1.54) is 0 Å². The Morgan fingerprint density at radius 2 is 1.78 bits per heavy atom. The first-order valence-electron chi connectivity index (χ1n) is 6.21. The Hall–Kier alpha value is -0.210. The van der Waals surface area contributed by atoms with E-state index in [0.717, 1.165) is 16.3 Å². The van der Waals surface area contributed by atoms with Crippen molar-refractivity contribution >= 4 is 27.5 Å². The van der Waals surface area contributed by atoms with Crippen molar-refractivity contribution in [1.29, 1.82) is 0 Å². The van der Waals surface area contributed by atoms with Crippen molar-refractivity contribution in [2.45, 2.75) is 32.5 Å². The quantitative estimate of drug-likeness (QED) is 0.668. The predicted octanol–water partition coefficient (Wildman–Crippen LogP) is 5.47. The fourth-order valence-corrected chi connectivity index (χ4v) is 5.16. The summed E-state index contributed by atoms with van der Waals surface area (Å²) in [6.07, 6.45) is 0. The Labute approximate surface area is 123 Å². The number of hydrogen-bond acceptors (Lipinski definition) is 1. The fourth-order valence-electron chi connectivity index (χ4n) is 3.02. The lowest BCUT2D eigenvalue weighted by Gasteiger charge is -2.15. The summed E-state index contributed by atoms with van der Waals surface area (Å²) in [6.45, 7) is 9.29. The van der Waals surface area contributed by atoms with Crippen molar-refractivity contribution in [3.8, 4) is 5.75 Å². The zero-order valence-corrected chi connectivity index (χ0v) is 13.9. The Bertz CT molecular complexity index is 454. The molecule has 18 heavy (non-hydrogen) atoms. The minimum absolute atomic E-state index is 0.293. The zero-order valence-electron chi connectivity index (χ0n) is 11.6. The summed E-state index contributed by atoms with van der Waals surface area (Å²) in [4.78, 5) is 0.293. The minimum Gasteiger partial charge on any atom is -0.497 e. The third-order valence-electron chi connectivity index (χ3n) is 4.93. The van der Waals surface area contributed by atoms with Crippen molar-refractivity contribution in [3.63, 3.8) is 0 Å². The molecule has 0 spiro atoms. The van der Waals surface area contributed by atoms with Crippen LogP contribution in [0, 0.1) is 16.7 Å². The molecule has 1 saturated carbocycles. The lowest BCUT2D eigenvalue weighted by atomic mass is 10.0. The van der Waals surface area contributed by atoms with Crippen molar-refractivity contribution < 1.29 is 4.74 Å². The molecule has 0 bridgehead atoms. The third-order valence-corrected chi connectivity index (χ3v) is 6.28. The molecule has 0 N–H and O–H groups in total. The molecule has 1 aromatic rings. The first-order chi connectivity index (χ1) is 8.23. The molecular weight excluding hydrogens is 312 g/mol. The van der Waals surface area contributed by atoms with E-state index in [0.29, 0.717) is 21.6 Å². The van der Waals surface area contributed by atoms with Gasteiger partial charge in [-0.25, -0.2) is 0 Å². The summed E-state index contributed by atoms with van der Waals surface area (Å²) in [5, 5.41) is 0.773. The van der Waals surface area contributed by atoms with Crippen LogP contribution < -0.4 is 4.74 Å². The molecule has 0 aromatic heterocycles. The Morgan fingerprint density at radius 3 is 2.17 bits per heavy atom. The molecule has 1 aliphatic carbocycles. The number of rotatable bonds is 3. The highest BCUT2D eigenvalue weighted by atomic mass is 79.9. The van der Waals surface area contributed by atoms with Gasteiger partial charge in [-0.05, 0) is 34.4 Å². The summed E-state index contributed by atoms with van der Waals surface area (Å²) in [5.41, 5.74) is 1.83. The van der Waals surface area contributed by atoms with Gasteiger partial charge in [-0.15, -0.1) is 0 Å². The molecule has 0 heterocycles. The lowest BCUT2D eigenvalue weighted by molar-refractivity contribution is 0.414. The highest BCUT2D eigenvalue weighted by molar-refractivity contribution is 9.09. The van der Waals surface area contributed by atoms with Gasteiger partial charge in [0.2, 0.25) is 0 Å². The minimum atomic E-state index is 0.293. The second kappa shape index (κ2) is 4.42. The van der Waals surface area contributed by atoms with E-state index < -0.39 is 0 Å². The van der Waals surface area contributed by atoms with Gasteiger partial charge < -0.3 is 4.74 Å². The summed E-state index contributed by atoms with van der Waals surface area (Å²) in [7, 11) is 1.66. The SMILES string of the molecule is COc1ccc(C(Br)C2C(C)(C)C2(C)C)c(Cl)c1. The average molecular weight is 332 g/mol. The molecule has 1 aromatic carbocycles. The van der Waals surface area contributed by atoms with E-state index in [1.54, 1.807) is 7.11 Å². The molecule has 1 unspecified atom stereocenters. The fraction of sp³-hybridized carbons (Fsp3) is 0.600. The standard InChI is InChI=1S/C15H20BrClO/c1-14(2)13(15(14,3)4)12(16)10-7-6-9(18-5)8-11(10)17/h6-8,12-13H,1-5H3. The number of methoxy groups -OCH3 is 1. The monoisotopic (exact) mass is 330 g/mol. The van der Waals surface area contributed by atoms with Crippen LogP contribution in [0.2, 0.25) is 5.02 Å². The molecule has 1 nitrogen and oxygen atoms in total. The van der Waals surface area contributed by atoms with Gasteiger partial charge in [0.05, 0.1) is 7.11 Å². The normalized spacial score (nSPS) is 22.6. The average Bonchev–Trinajstić information content (AvgIpc) is 2.68. The van der Waals surface area contributed by atoms with Crippen LogP contribution in [0.15, 0.2) is 18.2 Å². The van der Waals surface area contributed by atoms with Gasteiger partial charge >= 0.3 is 0 Å². The smallest absolute Gasteiger partial charge is 0.120 e. The summed E-state index contributed by atoms with van der Waals surface area (Å²) >= 11 is 10.2. The van der Waals surface area contributed by atoms with E-state index >= 15 is 0 Å². The van der Waals surface area contributed by atoms with Crippen LogP contribution in [0.5, 0.6) is 5.75 Å². The summed E-state index contributed by atoms with van der Waals surface area (Å²) in [5.74, 6) is 1.40. The first kappa shape index (κ1) is 14.2. The Kier molecular flexibility index (Phi) is 3.48. The van der Waals surface area contributed by atoms with Gasteiger partial charge in [0.25, 0.3) is 0 Å². The van der Waals surface area contributed by atoms with Crippen LogP contribution in [0.3, 0.4) is 0 Å². The molecule has 100 valence electrons. The number of ether oxygens (including phenoxy) is 1. The van der Waals surface area contributed by atoms with Crippen LogP contribution >= 0.6 is 27.5 Å². The van der Waals surface area contributed by atoms with Crippen molar-refractivity contribution in [1.82, 2.24) is 0 Å². The molecular formula is C15H20BrClO. The van der Waals surface area contributed by atoms with Crippen molar-refractivity contribution in [3.05, 3.63) is 28.8 Å². The maximum Gasteiger partial charge on any atom is 0.120 e. The van der Waals surface area contributed by atoms with Gasteiger partial charge in [0.15, 0.2) is 0 Å². The number of alkyl halides is 1. The van der Waals surface area contributed by atoms with Crippen LogP contribution in [0.4, 0.5) is 0 Å². The Morgan fingerprint density at radius 1 is 1.22 bits per heavy atom. The molecule has 3 heteroatoms. The predicted molar refractivity (Wildman–Crippen MR) is 80.7 cm³/mol. The molecule has 1 atom stereocenters. The van der Waals surface area contributed by atoms with Gasteiger partial charge in [-0.3, -0.25) is 0 Å². The molecule has 0 amide bonds. The molecule has 1 aliphatic rings. The second-order valence-corrected chi connectivity index (χ2v) is 7.60. The molecule has 1 fully saturated rings. The maximum atomic E-state index is 6.35. The van der Waals surface area contributed by atoms with E-state index in [1.807, 2.05) is 12.1 Å². The molecule has 2 rings (SSSR count). The maximum absolute atomic E-state index is 6.35. The largest absolute Gasteiger partial charge is 0.497 e. The van der Waals surface area contributed by atoms with E-state index in [9.17, 15) is 0 Å². The Balaban J connectivity index is 2.29. The topological polar surface area (TPSA) is 9.23 Å². The number of benzene rings is 1. The molecule has 0 saturated heterocycles. The highest BCUT2D eigenvalue weighted by Gasteiger charge is 2.67. The van der Waals surface area contributed by atoms with Gasteiger partial charge in [0.1, 0.15) is 5.75 Å². The highest BCUT2D eigenvalue weighted by Crippen LogP contribution is 2.74. The van der Waals surface area contributed by atoms with Crippen molar-refractivity contribution in [2.75, 3.05) is 7.11 Å². The van der Waals surface area contributed by atoms with E-state index in [2.05, 4.69) is 49.7 Å². The van der Waals surface area contributed by atoms with Crippen LogP contribution in [-0.4, -0.2) is 7.11 Å². The summed E-state index contributed by atoms with van der Waals surface area (Å²) in [6, 6.07) is 5.91. The third kappa shape index (κ3) is 1.98. The number of hydrogen-bond donors (Lipinski definition) is 0.